The van der Waals surface area contributed by atoms with Crippen LogP contribution in [0.3, 0.4) is 0 Å². The van der Waals surface area contributed by atoms with Crippen LogP contribution in [0.1, 0.15) is 15.9 Å². The molecule has 8 heteroatoms. The van der Waals surface area contributed by atoms with Crippen LogP contribution in [-0.2, 0) is 0 Å². The predicted octanol–water partition coefficient (Wildman–Crippen LogP) is 8.55. The minimum atomic E-state index is -0.264. The van der Waals surface area contributed by atoms with E-state index in [1.165, 1.54) is 11.3 Å². The molecule has 0 atom stereocenters. The Kier molecular flexibility index (Phi) is 6.28. The number of rotatable bonds is 4. The highest BCUT2D eigenvalue weighted by Gasteiger charge is 2.21. The van der Waals surface area contributed by atoms with E-state index in [-0.39, 0.29) is 5.91 Å². The topological polar surface area (TPSA) is 54.9 Å². The normalized spacial score (nSPS) is 11.1. The first-order valence-corrected chi connectivity index (χ1v) is 12.3. The lowest BCUT2D eigenvalue weighted by Gasteiger charge is -2.15. The summed E-state index contributed by atoms with van der Waals surface area (Å²) in [5.74, 6) is -0.264. The fourth-order valence-electron chi connectivity index (χ4n) is 3.79. The maximum atomic E-state index is 13.5. The molecule has 5 aromatic rings. The highest BCUT2D eigenvalue weighted by atomic mass is 35.5. The van der Waals surface area contributed by atoms with Gasteiger partial charge >= 0.3 is 0 Å². The summed E-state index contributed by atoms with van der Waals surface area (Å²) in [5, 5.41) is 7.76. The zero-order valence-electron chi connectivity index (χ0n) is 17.8. The third-order valence-electron chi connectivity index (χ3n) is 5.41. The van der Waals surface area contributed by atoms with Crippen molar-refractivity contribution in [3.8, 4) is 22.5 Å². The van der Waals surface area contributed by atoms with E-state index < -0.39 is 0 Å². The summed E-state index contributed by atoms with van der Waals surface area (Å²) >= 11 is 19.9. The summed E-state index contributed by atoms with van der Waals surface area (Å²) in [7, 11) is 0. The molecular weight excluding hydrogens is 509 g/mol. The number of fused-ring (bicyclic) bond motifs is 1. The average molecular weight is 525 g/mol. The zero-order chi connectivity index (χ0) is 23.8. The van der Waals surface area contributed by atoms with Crippen molar-refractivity contribution in [3.63, 3.8) is 0 Å². The molecule has 0 aliphatic carbocycles. The van der Waals surface area contributed by atoms with Gasteiger partial charge in [-0.1, -0.05) is 65.1 Å². The molecule has 0 bridgehead atoms. The van der Waals surface area contributed by atoms with Gasteiger partial charge < -0.3 is 0 Å². The van der Waals surface area contributed by atoms with Crippen LogP contribution in [0.5, 0.6) is 0 Å². The molecule has 0 fully saturated rings. The molecule has 3 aromatic carbocycles. The molecule has 0 spiro atoms. The second-order valence-electron chi connectivity index (χ2n) is 7.60. The van der Waals surface area contributed by atoms with Crippen LogP contribution < -0.4 is 5.32 Å². The number of para-hydroxylation sites is 1. The van der Waals surface area contributed by atoms with Gasteiger partial charge in [-0.25, -0.2) is 9.97 Å². The number of nitrogens with one attached hydrogen (secondary N) is 1. The summed E-state index contributed by atoms with van der Waals surface area (Å²) in [4.78, 5) is 22.9. The minimum absolute atomic E-state index is 0.264. The van der Waals surface area contributed by atoms with Crippen molar-refractivity contribution in [2.75, 3.05) is 5.32 Å². The lowest BCUT2D eigenvalue weighted by molar-refractivity contribution is 0.102. The highest BCUT2D eigenvalue weighted by Crippen LogP contribution is 2.35. The molecule has 1 amide bonds. The van der Waals surface area contributed by atoms with Crippen molar-refractivity contribution in [2.24, 2.45) is 0 Å². The van der Waals surface area contributed by atoms with Gasteiger partial charge in [0.1, 0.15) is 0 Å². The van der Waals surface area contributed by atoms with Gasteiger partial charge in [-0.15, -0.1) is 11.3 Å². The molecule has 2 heterocycles. The van der Waals surface area contributed by atoms with Gasteiger partial charge in [0.15, 0.2) is 5.13 Å². The molecule has 0 saturated carbocycles. The number of hydrogen-bond donors (Lipinski definition) is 1. The standard InChI is InChI=1S/C26H16Cl3N3OS/c1-14-23(25(33)32-26-31-22(13-34-26)15-6-8-16(27)9-7-15)19-4-2-3-5-21(19)30-24(14)18-11-10-17(28)12-20(18)29/h2-13H,1H3,(H,31,32,33). The number of carbonyl (C=O) groups excluding carboxylic acids is 1. The van der Waals surface area contributed by atoms with Gasteiger partial charge in [0, 0.05) is 31.9 Å². The minimum Gasteiger partial charge on any atom is -0.298 e. The molecular formula is C26H16Cl3N3OS. The average Bonchev–Trinajstić information content (AvgIpc) is 3.27. The maximum Gasteiger partial charge on any atom is 0.258 e. The number of anilines is 1. The molecule has 0 radical (unpaired) electrons. The van der Waals surface area contributed by atoms with Crippen LogP contribution in [0, 0.1) is 6.92 Å². The Morgan fingerprint density at radius 2 is 1.65 bits per heavy atom. The number of benzene rings is 3. The monoisotopic (exact) mass is 523 g/mol. The van der Waals surface area contributed by atoms with E-state index in [0.29, 0.717) is 42.5 Å². The number of pyridine rings is 1. The first-order chi connectivity index (χ1) is 16.4. The lowest BCUT2D eigenvalue weighted by Crippen LogP contribution is -2.15. The van der Waals surface area contributed by atoms with E-state index in [2.05, 4.69) is 10.3 Å². The highest BCUT2D eigenvalue weighted by molar-refractivity contribution is 7.14. The number of carbonyl (C=O) groups is 1. The van der Waals surface area contributed by atoms with Gasteiger partial charge in [-0.3, -0.25) is 10.1 Å². The van der Waals surface area contributed by atoms with Gasteiger partial charge in [-0.05, 0) is 48.9 Å². The number of halogens is 3. The third-order valence-corrected chi connectivity index (χ3v) is 6.97. The largest absolute Gasteiger partial charge is 0.298 e. The number of nitrogens with zero attached hydrogens (tertiary/aromatic N) is 2. The third kappa shape index (κ3) is 4.40. The molecule has 0 unspecified atom stereocenters. The van der Waals surface area contributed by atoms with Gasteiger partial charge in [0.2, 0.25) is 0 Å². The Morgan fingerprint density at radius 1 is 0.912 bits per heavy atom. The van der Waals surface area contributed by atoms with Gasteiger partial charge in [0.05, 0.1) is 27.5 Å². The van der Waals surface area contributed by atoms with E-state index in [4.69, 9.17) is 39.8 Å². The van der Waals surface area contributed by atoms with Crippen molar-refractivity contribution < 1.29 is 4.79 Å². The number of aromatic nitrogens is 2. The molecule has 0 aliphatic heterocycles. The van der Waals surface area contributed by atoms with Crippen molar-refractivity contribution >= 4 is 68.1 Å². The number of thiazole rings is 1. The fourth-order valence-corrected chi connectivity index (χ4v) is 5.13. The first-order valence-electron chi connectivity index (χ1n) is 10.3. The molecule has 34 heavy (non-hydrogen) atoms. The van der Waals surface area contributed by atoms with Crippen molar-refractivity contribution in [1.29, 1.82) is 0 Å². The lowest BCUT2D eigenvalue weighted by atomic mass is 9.97. The quantitative estimate of drug-likeness (QED) is 0.256. The summed E-state index contributed by atoms with van der Waals surface area (Å²) < 4.78 is 0. The molecule has 0 saturated heterocycles. The Bertz CT molecular complexity index is 1550. The Morgan fingerprint density at radius 3 is 2.41 bits per heavy atom. The predicted molar refractivity (Wildman–Crippen MR) is 142 cm³/mol. The van der Waals surface area contributed by atoms with Gasteiger partial charge in [0.25, 0.3) is 5.91 Å². The molecule has 1 N–H and O–H groups in total. The summed E-state index contributed by atoms with van der Waals surface area (Å²) in [6.45, 7) is 1.87. The van der Waals surface area contributed by atoms with Crippen LogP contribution >= 0.6 is 46.1 Å². The summed E-state index contributed by atoms with van der Waals surface area (Å²) in [5.41, 5.74) is 4.97. The Labute approximate surface area is 215 Å². The van der Waals surface area contributed by atoms with E-state index in [0.717, 1.165) is 22.2 Å². The maximum absolute atomic E-state index is 13.5. The smallest absolute Gasteiger partial charge is 0.258 e. The SMILES string of the molecule is Cc1c(-c2ccc(Cl)cc2Cl)nc2ccccc2c1C(=O)Nc1nc(-c2ccc(Cl)cc2)cs1. The van der Waals surface area contributed by atoms with Crippen molar-refractivity contribution in [1.82, 2.24) is 9.97 Å². The van der Waals surface area contributed by atoms with Crippen LogP contribution in [0.2, 0.25) is 15.1 Å². The number of amides is 1. The Balaban J connectivity index is 1.56. The first kappa shape index (κ1) is 22.8. The zero-order valence-corrected chi connectivity index (χ0v) is 20.9. The van der Waals surface area contributed by atoms with Crippen molar-refractivity contribution in [3.05, 3.63) is 98.3 Å². The molecule has 5 rings (SSSR count). The van der Waals surface area contributed by atoms with Crippen LogP contribution in [0.4, 0.5) is 5.13 Å². The van der Waals surface area contributed by atoms with Crippen LogP contribution in [0.15, 0.2) is 72.1 Å². The van der Waals surface area contributed by atoms with Crippen molar-refractivity contribution in [2.45, 2.75) is 6.92 Å². The summed E-state index contributed by atoms with van der Waals surface area (Å²) in [6.07, 6.45) is 0. The van der Waals surface area contributed by atoms with E-state index >= 15 is 0 Å². The summed E-state index contributed by atoms with van der Waals surface area (Å²) in [6, 6.07) is 20.2. The van der Waals surface area contributed by atoms with E-state index in [1.54, 1.807) is 12.1 Å². The molecule has 0 aliphatic rings. The molecule has 168 valence electrons. The van der Waals surface area contributed by atoms with Gasteiger partial charge in [-0.2, -0.15) is 0 Å². The van der Waals surface area contributed by atoms with Crippen LogP contribution in [0.25, 0.3) is 33.4 Å². The second-order valence-corrected chi connectivity index (χ2v) is 9.74. The molecule has 2 aromatic heterocycles. The Hall–Kier alpha value is -2.96. The van der Waals surface area contributed by atoms with E-state index in [9.17, 15) is 4.79 Å². The van der Waals surface area contributed by atoms with E-state index in [1.807, 2.05) is 66.9 Å². The number of hydrogen-bond acceptors (Lipinski definition) is 4. The van der Waals surface area contributed by atoms with Crippen LogP contribution in [-0.4, -0.2) is 15.9 Å². The second kappa shape index (κ2) is 9.35. The molecule has 4 nitrogen and oxygen atoms in total. The fraction of sp³-hybridized carbons (Fsp3) is 0.0385.